The predicted molar refractivity (Wildman–Crippen MR) is 408 cm³/mol. The van der Waals surface area contributed by atoms with Crippen LogP contribution in [0.15, 0.2) is 70.8 Å². The molecule has 0 fully saturated rings. The van der Waals surface area contributed by atoms with E-state index >= 15 is 0 Å². The highest BCUT2D eigenvalue weighted by Crippen LogP contribution is 2.20. The third kappa shape index (κ3) is 35.4. The fourth-order valence-electron chi connectivity index (χ4n) is 11.0. The Balaban J connectivity index is 1.82. The van der Waals surface area contributed by atoms with Crippen LogP contribution in [-0.2, 0) is 84.8 Å². The number of aliphatic hydroxyl groups is 3. The van der Waals surface area contributed by atoms with E-state index in [2.05, 4.69) is 89.4 Å². The summed E-state index contributed by atoms with van der Waals surface area (Å²) >= 11 is 0. The normalized spacial score (nSPS) is 14.0. The van der Waals surface area contributed by atoms with E-state index in [1.807, 2.05) is 0 Å². The van der Waals surface area contributed by atoms with Crippen LogP contribution < -0.4 is 109 Å². The van der Waals surface area contributed by atoms with Crippen LogP contribution in [0.2, 0.25) is 0 Å². The lowest BCUT2D eigenvalue weighted by atomic mass is 10.0. The van der Waals surface area contributed by atoms with Crippen molar-refractivity contribution < 1.29 is 92.3 Å². The quantitative estimate of drug-likeness (QED) is 0.0142. The van der Waals surface area contributed by atoms with Crippen LogP contribution >= 0.6 is 0 Å². The summed E-state index contributed by atoms with van der Waals surface area (Å²) in [5.74, 6) is -15.9. The summed E-state index contributed by atoms with van der Waals surface area (Å²) < 4.78 is 0. The van der Waals surface area contributed by atoms with Crippen molar-refractivity contribution in [3.05, 3.63) is 71.9 Å². The number of nitrogens with two attached hydrogens (primary N) is 6. The highest BCUT2D eigenvalue weighted by molar-refractivity contribution is 6.00. The summed E-state index contributed by atoms with van der Waals surface area (Å²) in [7, 11) is 0. The zero-order valence-corrected chi connectivity index (χ0v) is 63.4. The number of aromatic amines is 1. The van der Waals surface area contributed by atoms with E-state index in [1.165, 1.54) is 6.92 Å². The van der Waals surface area contributed by atoms with E-state index in [1.54, 1.807) is 88.5 Å². The topological polar surface area (TPSA) is 702 Å². The number of aliphatic hydroxyl groups excluding tert-OH is 3. The molecule has 14 amide bonds. The first-order valence-corrected chi connectivity index (χ1v) is 36.4. The number of carbonyl (C=O) groups is 15. The summed E-state index contributed by atoms with van der Waals surface area (Å²) in [6.07, 6.45) is 1.87. The van der Waals surface area contributed by atoms with Crippen LogP contribution in [0.25, 0.3) is 10.9 Å². The molecule has 42 nitrogen and oxygen atoms in total. The fraction of sp³-hybridized carbons (Fsp3) is 0.557. The molecule has 42 heteroatoms. The number of carboxylic acids is 1. The van der Waals surface area contributed by atoms with Gasteiger partial charge in [-0.25, -0.2) is 0 Å². The Hall–Kier alpha value is -11.6. The standard InChI is InChI=1S/C70H111N23O19/c1-37(2)25-47(86-57(100)33-81-59(102)45(20-13-23-77-69(73)74)85-56(99)32-80-58(101)44(19-11-12-22-71)84-54(97)29-72)62(105)91-52(35-95)66(109)88-48(26-38(3)4)63(106)92-51(34-94)65(108)87-46(21-14-24-78-70(75)76)61(104)89-49(27-40-15-7-6-8-16-40)64(107)93-53(36-96)67(110)90-50(28-41-30-79-43-18-10-9-17-42(41)43)60(103)82-31-55(98)83-39(5)68(111)112/h6-10,15-18,30,37-39,44-53,79,94-96H,11-14,19-29,31-36,71-72H2,1-5H3,(H,80,101)(H,81,102)(H,82,103)(H,83,98)(H,84,97)(H,85,99)(H,86,100)(H,87,108)(H,88,109)(H,89,104)(H,90,110)(H,91,105)(H,92,106)(H,93,107)(H,111,112)(H4,73,74,77)(H4,75,76,78)/t39-,44-,45-,46-,47-,48-,49-,50-,51-,52-,53-/m0/s1. The number of unbranched alkanes of at least 4 members (excludes halogenated alkanes) is 1. The van der Waals surface area contributed by atoms with E-state index in [0.717, 1.165) is 0 Å². The number of carboxylic acid groups (broad SMARTS) is 1. The molecule has 112 heavy (non-hydrogen) atoms. The number of H-pyrrole nitrogens is 1. The van der Waals surface area contributed by atoms with Gasteiger partial charge in [-0.3, -0.25) is 81.9 Å². The van der Waals surface area contributed by atoms with Crippen molar-refractivity contribution in [1.29, 1.82) is 0 Å². The van der Waals surface area contributed by atoms with Gasteiger partial charge in [-0.15, -0.1) is 0 Å². The van der Waals surface area contributed by atoms with Gasteiger partial charge in [0, 0.05) is 43.0 Å². The van der Waals surface area contributed by atoms with Crippen LogP contribution in [0.3, 0.4) is 0 Å². The van der Waals surface area contributed by atoms with Gasteiger partial charge >= 0.3 is 5.97 Å². The summed E-state index contributed by atoms with van der Waals surface area (Å²) in [6, 6.07) is -1.71. The maximum absolute atomic E-state index is 14.6. The molecular weight excluding hydrogens is 1470 g/mol. The lowest BCUT2D eigenvalue weighted by molar-refractivity contribution is -0.141. The number of carbonyl (C=O) groups excluding carboxylic acids is 14. The van der Waals surface area contributed by atoms with Gasteiger partial charge in [0.05, 0.1) is 46.0 Å². The minimum atomic E-state index is -1.87. The van der Waals surface area contributed by atoms with E-state index in [9.17, 15) is 92.3 Å². The Labute approximate surface area is 646 Å². The number of fused-ring (bicyclic) bond motifs is 1. The van der Waals surface area contributed by atoms with Gasteiger partial charge in [0.15, 0.2) is 11.9 Å². The Bertz CT molecular complexity index is 3700. The first-order valence-electron chi connectivity index (χ1n) is 36.4. The molecule has 0 aliphatic carbocycles. The number of para-hydroxylation sites is 1. The number of rotatable bonds is 52. The number of aliphatic carboxylic acids is 1. The van der Waals surface area contributed by atoms with Crippen LogP contribution in [0.4, 0.5) is 0 Å². The largest absolute Gasteiger partial charge is 0.480 e. The minimum absolute atomic E-state index is 0.0131. The molecular formula is C70H111N23O19. The molecule has 620 valence electrons. The molecule has 1 aromatic heterocycles. The predicted octanol–water partition coefficient (Wildman–Crippen LogP) is -9.00. The molecule has 3 rings (SSSR count). The van der Waals surface area contributed by atoms with Gasteiger partial charge in [-0.2, -0.15) is 0 Å². The molecule has 0 aliphatic rings. The Morgan fingerprint density at radius 2 is 0.759 bits per heavy atom. The molecule has 0 bridgehead atoms. The third-order valence-electron chi connectivity index (χ3n) is 16.8. The summed E-state index contributed by atoms with van der Waals surface area (Å²) in [6.45, 7) is 2.44. The molecule has 3 aromatic rings. The van der Waals surface area contributed by atoms with Crippen LogP contribution in [0, 0.1) is 11.8 Å². The summed E-state index contributed by atoms with van der Waals surface area (Å²) in [5, 5.41) is 75.6. The zero-order chi connectivity index (χ0) is 83.6. The van der Waals surface area contributed by atoms with Crippen molar-refractivity contribution in [1.82, 2.24) is 79.4 Å². The van der Waals surface area contributed by atoms with Gasteiger partial charge in [-0.05, 0) is 100 Å². The fourth-order valence-corrected chi connectivity index (χ4v) is 11.0. The van der Waals surface area contributed by atoms with E-state index in [-0.39, 0.29) is 94.6 Å². The Kier molecular flexibility index (Phi) is 42.4. The van der Waals surface area contributed by atoms with Crippen molar-refractivity contribution in [2.75, 3.05) is 65.6 Å². The number of aliphatic imine (C=N–C) groups is 2. The van der Waals surface area contributed by atoms with Crippen molar-refractivity contribution in [2.24, 2.45) is 56.2 Å². The van der Waals surface area contributed by atoms with Gasteiger partial charge in [0.1, 0.15) is 66.5 Å². The van der Waals surface area contributed by atoms with Crippen molar-refractivity contribution in [3.8, 4) is 0 Å². The molecule has 1 heterocycles. The lowest BCUT2D eigenvalue weighted by Gasteiger charge is -2.28. The smallest absolute Gasteiger partial charge is 0.325 e. The molecule has 0 saturated carbocycles. The summed E-state index contributed by atoms with van der Waals surface area (Å²) in [5.41, 5.74) is 34.6. The van der Waals surface area contributed by atoms with E-state index < -0.39 is 201 Å². The zero-order valence-electron chi connectivity index (χ0n) is 63.4. The highest BCUT2D eigenvalue weighted by atomic mass is 16.4. The number of hydrogen-bond donors (Lipinski definition) is 25. The average molecular weight is 1580 g/mol. The van der Waals surface area contributed by atoms with Crippen molar-refractivity contribution in [3.63, 3.8) is 0 Å². The maximum Gasteiger partial charge on any atom is 0.325 e. The molecule has 11 atom stereocenters. The van der Waals surface area contributed by atoms with Gasteiger partial charge in [0.25, 0.3) is 0 Å². The van der Waals surface area contributed by atoms with Gasteiger partial charge < -0.3 is 134 Å². The molecule has 2 aromatic carbocycles. The molecule has 0 aliphatic heterocycles. The second-order valence-electron chi connectivity index (χ2n) is 27.0. The first kappa shape index (κ1) is 94.6. The second-order valence-corrected chi connectivity index (χ2v) is 27.0. The van der Waals surface area contributed by atoms with Crippen LogP contribution in [-0.4, -0.2) is 258 Å². The number of amides is 14. The molecule has 31 N–H and O–H groups in total. The monoisotopic (exact) mass is 1580 g/mol. The van der Waals surface area contributed by atoms with Crippen molar-refractivity contribution in [2.45, 2.75) is 172 Å². The van der Waals surface area contributed by atoms with Crippen LogP contribution in [0.5, 0.6) is 0 Å². The molecule has 0 radical (unpaired) electrons. The number of benzene rings is 2. The third-order valence-corrected chi connectivity index (χ3v) is 16.8. The number of hydrogen-bond acceptors (Lipinski definition) is 22. The Morgan fingerprint density at radius 1 is 0.402 bits per heavy atom. The number of nitrogens with zero attached hydrogens (tertiary/aromatic N) is 2. The SMILES string of the molecule is CC(C)C[C@H](NC(=O)CNC(=O)[C@H](CCCN=C(N)N)NC(=O)CNC(=O)[C@H](CCCCN)NC(=O)CN)C(=O)N[C@@H](CO)C(=O)N[C@@H](CC(C)C)C(=O)N[C@@H](CO)C(=O)N[C@@H](CCCN=C(N)N)C(=O)N[C@@H](Cc1ccccc1)C(=O)N[C@@H](CO)C(=O)N[C@@H](Cc1c[nH]c2ccccc12)C(=O)NCC(=O)N[C@@H](C)C(=O)O. The summed E-state index contributed by atoms with van der Waals surface area (Å²) in [4.78, 5) is 213. The molecule has 0 unspecified atom stereocenters. The first-order chi connectivity index (χ1) is 53.1. The number of nitrogens with one attached hydrogen (secondary N) is 15. The van der Waals surface area contributed by atoms with Crippen LogP contribution in [0.1, 0.15) is 104 Å². The minimum Gasteiger partial charge on any atom is -0.480 e. The molecule has 0 saturated heterocycles. The second kappa shape index (κ2) is 50.2. The number of guanidine groups is 2. The molecule has 0 spiro atoms. The average Bonchev–Trinajstić information content (AvgIpc) is 1.58. The van der Waals surface area contributed by atoms with E-state index in [4.69, 9.17) is 34.4 Å². The van der Waals surface area contributed by atoms with Gasteiger partial charge in [0.2, 0.25) is 82.7 Å². The number of aromatic nitrogens is 1. The maximum atomic E-state index is 14.6. The Morgan fingerprint density at radius 3 is 1.21 bits per heavy atom. The lowest BCUT2D eigenvalue weighted by Crippen LogP contribution is -2.61. The van der Waals surface area contributed by atoms with Gasteiger partial charge in [-0.1, -0.05) is 76.2 Å². The van der Waals surface area contributed by atoms with E-state index in [0.29, 0.717) is 41.4 Å². The highest BCUT2D eigenvalue weighted by Gasteiger charge is 2.36. The van der Waals surface area contributed by atoms with Crippen molar-refractivity contribution >= 4 is 111 Å².